The van der Waals surface area contributed by atoms with Gasteiger partial charge in [0, 0.05) is 44.8 Å². The van der Waals surface area contributed by atoms with Crippen molar-refractivity contribution in [1.82, 2.24) is 19.9 Å². The Morgan fingerprint density at radius 3 is 2.77 bits per heavy atom. The van der Waals surface area contributed by atoms with Crippen molar-refractivity contribution in [3.8, 4) is 0 Å². The van der Waals surface area contributed by atoms with Crippen LogP contribution < -0.4 is 10.2 Å². The van der Waals surface area contributed by atoms with Crippen LogP contribution in [0.1, 0.15) is 17.8 Å². The molecule has 1 amide bonds. The molecule has 26 heavy (non-hydrogen) atoms. The molecule has 1 N–H and O–H groups in total. The molecule has 6 nitrogen and oxygen atoms in total. The summed E-state index contributed by atoms with van der Waals surface area (Å²) < 4.78 is 39.7. The monoisotopic (exact) mass is 367 g/mol. The Hall–Kier alpha value is -2.58. The van der Waals surface area contributed by atoms with Crippen LogP contribution >= 0.6 is 0 Å². The number of nitrogens with one attached hydrogen (secondary N) is 1. The molecule has 1 unspecified atom stereocenters. The molecule has 1 atom stereocenters. The molecule has 0 radical (unpaired) electrons. The number of hydrogen-bond acceptors (Lipinski definition) is 4. The third-order valence-corrected chi connectivity index (χ3v) is 4.53. The molecule has 1 saturated heterocycles. The maximum absolute atomic E-state index is 12.6. The second kappa shape index (κ2) is 7.35. The summed E-state index contributed by atoms with van der Waals surface area (Å²) in [6, 6.07) is 2.37. The number of anilines is 1. The molecule has 0 saturated carbocycles. The molecule has 3 heterocycles. The Labute approximate surface area is 149 Å². The highest BCUT2D eigenvalue weighted by atomic mass is 19.4. The number of amides is 1. The van der Waals surface area contributed by atoms with Crippen LogP contribution in [0.15, 0.2) is 30.7 Å². The lowest BCUT2D eigenvalue weighted by molar-refractivity contribution is -0.137. The van der Waals surface area contributed by atoms with Crippen molar-refractivity contribution in [3.63, 3.8) is 0 Å². The summed E-state index contributed by atoms with van der Waals surface area (Å²) in [5.74, 6) is 1.11. The summed E-state index contributed by atoms with van der Waals surface area (Å²) in [6.07, 6.45) is 0.652. The first kappa shape index (κ1) is 18.2. The van der Waals surface area contributed by atoms with Gasteiger partial charge in [-0.05, 0) is 25.5 Å². The van der Waals surface area contributed by atoms with Gasteiger partial charge in [0.25, 0.3) is 0 Å². The fourth-order valence-corrected chi connectivity index (χ4v) is 3.01. The first-order valence-electron chi connectivity index (χ1n) is 8.38. The van der Waals surface area contributed by atoms with E-state index in [1.807, 2.05) is 22.6 Å². The van der Waals surface area contributed by atoms with Crippen molar-refractivity contribution >= 4 is 11.7 Å². The fourth-order valence-electron chi connectivity index (χ4n) is 3.01. The first-order chi connectivity index (χ1) is 12.3. The van der Waals surface area contributed by atoms with E-state index in [1.54, 1.807) is 6.20 Å². The molecule has 0 aromatic carbocycles. The number of alkyl halides is 3. The number of pyridine rings is 1. The highest BCUT2D eigenvalue weighted by molar-refractivity contribution is 5.80. The molecule has 1 fully saturated rings. The van der Waals surface area contributed by atoms with E-state index in [9.17, 15) is 18.0 Å². The SMILES string of the molecule is Cc1nccn1CCNC(=O)C1CCN(c2ccc(C(F)(F)F)cn2)C1. The van der Waals surface area contributed by atoms with Gasteiger partial charge in [-0.2, -0.15) is 13.2 Å². The van der Waals surface area contributed by atoms with Crippen molar-refractivity contribution in [2.75, 3.05) is 24.5 Å². The second-order valence-corrected chi connectivity index (χ2v) is 6.29. The van der Waals surface area contributed by atoms with Gasteiger partial charge in [-0.1, -0.05) is 0 Å². The van der Waals surface area contributed by atoms with Crippen LogP contribution in [0.5, 0.6) is 0 Å². The molecule has 0 bridgehead atoms. The predicted molar refractivity (Wildman–Crippen MR) is 89.5 cm³/mol. The Morgan fingerprint density at radius 1 is 1.35 bits per heavy atom. The number of rotatable bonds is 5. The van der Waals surface area contributed by atoms with E-state index >= 15 is 0 Å². The minimum atomic E-state index is -4.40. The highest BCUT2D eigenvalue weighted by Gasteiger charge is 2.32. The summed E-state index contributed by atoms with van der Waals surface area (Å²) in [5.41, 5.74) is -0.774. The maximum Gasteiger partial charge on any atom is 0.417 e. The predicted octanol–water partition coefficient (Wildman–Crippen LogP) is 2.25. The van der Waals surface area contributed by atoms with Crippen LogP contribution in [-0.2, 0) is 17.5 Å². The molecule has 1 aliphatic rings. The number of carbonyl (C=O) groups excluding carboxylic acids is 1. The third kappa shape index (κ3) is 4.14. The molecule has 3 rings (SSSR count). The molecule has 0 aliphatic carbocycles. The van der Waals surface area contributed by atoms with Crippen LogP contribution in [0.25, 0.3) is 0 Å². The average molecular weight is 367 g/mol. The molecule has 0 spiro atoms. The van der Waals surface area contributed by atoms with Crippen LogP contribution in [0.2, 0.25) is 0 Å². The molecular weight excluding hydrogens is 347 g/mol. The van der Waals surface area contributed by atoms with E-state index in [0.717, 1.165) is 18.1 Å². The van der Waals surface area contributed by atoms with E-state index in [-0.39, 0.29) is 11.8 Å². The summed E-state index contributed by atoms with van der Waals surface area (Å²) in [7, 11) is 0. The van der Waals surface area contributed by atoms with Gasteiger partial charge in [0.1, 0.15) is 11.6 Å². The number of hydrogen-bond donors (Lipinski definition) is 1. The van der Waals surface area contributed by atoms with Gasteiger partial charge in [0.05, 0.1) is 11.5 Å². The first-order valence-corrected chi connectivity index (χ1v) is 8.38. The van der Waals surface area contributed by atoms with Crippen LogP contribution in [0, 0.1) is 12.8 Å². The number of aromatic nitrogens is 3. The summed E-state index contributed by atoms with van der Waals surface area (Å²) >= 11 is 0. The summed E-state index contributed by atoms with van der Waals surface area (Å²) in [5, 5.41) is 2.91. The van der Waals surface area contributed by atoms with Gasteiger partial charge < -0.3 is 14.8 Å². The van der Waals surface area contributed by atoms with Crippen LogP contribution in [-0.4, -0.2) is 40.1 Å². The number of nitrogens with zero attached hydrogens (tertiary/aromatic N) is 4. The number of imidazole rings is 1. The number of halogens is 3. The largest absolute Gasteiger partial charge is 0.417 e. The van der Waals surface area contributed by atoms with Crippen LogP contribution in [0.3, 0.4) is 0 Å². The minimum absolute atomic E-state index is 0.0443. The lowest BCUT2D eigenvalue weighted by atomic mass is 10.1. The molecule has 2 aromatic rings. The zero-order chi connectivity index (χ0) is 18.7. The van der Waals surface area contributed by atoms with Crippen molar-refractivity contribution < 1.29 is 18.0 Å². The summed E-state index contributed by atoms with van der Waals surface area (Å²) in [4.78, 5) is 22.1. The van der Waals surface area contributed by atoms with Gasteiger partial charge >= 0.3 is 6.18 Å². The van der Waals surface area contributed by atoms with Gasteiger partial charge in [0.2, 0.25) is 5.91 Å². The molecular formula is C17H20F3N5O. The standard InChI is InChI=1S/C17H20F3N5O/c1-12-21-5-8-24(12)9-6-22-16(26)13-4-7-25(11-13)15-3-2-14(10-23-15)17(18,19)20/h2-3,5,8,10,13H,4,6-7,9,11H2,1H3,(H,22,26). The highest BCUT2D eigenvalue weighted by Crippen LogP contribution is 2.30. The quantitative estimate of drug-likeness (QED) is 0.881. The average Bonchev–Trinajstić information content (AvgIpc) is 3.24. The van der Waals surface area contributed by atoms with Crippen molar-refractivity contribution in [2.24, 2.45) is 5.92 Å². The zero-order valence-electron chi connectivity index (χ0n) is 14.3. The smallest absolute Gasteiger partial charge is 0.356 e. The maximum atomic E-state index is 12.6. The number of carbonyl (C=O) groups is 1. The summed E-state index contributed by atoms with van der Waals surface area (Å²) in [6.45, 7) is 4.10. The zero-order valence-corrected chi connectivity index (χ0v) is 14.3. The topological polar surface area (TPSA) is 63.1 Å². The molecule has 1 aliphatic heterocycles. The van der Waals surface area contributed by atoms with Gasteiger partial charge in [-0.15, -0.1) is 0 Å². The van der Waals surface area contributed by atoms with Crippen molar-refractivity contribution in [1.29, 1.82) is 0 Å². The van der Waals surface area contributed by atoms with E-state index in [4.69, 9.17) is 0 Å². The fraction of sp³-hybridized carbons (Fsp3) is 0.471. The number of aryl methyl sites for hydroxylation is 1. The van der Waals surface area contributed by atoms with E-state index in [2.05, 4.69) is 15.3 Å². The van der Waals surface area contributed by atoms with E-state index in [1.165, 1.54) is 6.07 Å². The third-order valence-electron chi connectivity index (χ3n) is 4.53. The van der Waals surface area contributed by atoms with E-state index < -0.39 is 11.7 Å². The normalized spacial score (nSPS) is 17.5. The molecule has 140 valence electrons. The van der Waals surface area contributed by atoms with Gasteiger partial charge in [-0.25, -0.2) is 9.97 Å². The van der Waals surface area contributed by atoms with Crippen molar-refractivity contribution in [3.05, 3.63) is 42.1 Å². The second-order valence-electron chi connectivity index (χ2n) is 6.29. The Balaban J connectivity index is 1.50. The van der Waals surface area contributed by atoms with Crippen molar-refractivity contribution in [2.45, 2.75) is 26.1 Å². The molecule has 9 heteroatoms. The Kier molecular flexibility index (Phi) is 5.15. The molecule has 2 aromatic heterocycles. The minimum Gasteiger partial charge on any atom is -0.356 e. The van der Waals surface area contributed by atoms with Gasteiger partial charge in [0.15, 0.2) is 0 Å². The van der Waals surface area contributed by atoms with Crippen LogP contribution in [0.4, 0.5) is 19.0 Å². The van der Waals surface area contributed by atoms with E-state index in [0.29, 0.717) is 38.4 Å². The Bertz CT molecular complexity index is 757. The lowest BCUT2D eigenvalue weighted by Gasteiger charge is -2.18. The lowest BCUT2D eigenvalue weighted by Crippen LogP contribution is -2.34. The van der Waals surface area contributed by atoms with Gasteiger partial charge in [-0.3, -0.25) is 4.79 Å². The Morgan fingerprint density at radius 2 is 2.15 bits per heavy atom.